The second-order valence-corrected chi connectivity index (χ2v) is 6.56. The van der Waals surface area contributed by atoms with E-state index in [0.717, 1.165) is 0 Å². The molecule has 7 nitrogen and oxygen atoms in total. The molecule has 0 bridgehead atoms. The highest BCUT2D eigenvalue weighted by atomic mass is 32.2. The van der Waals surface area contributed by atoms with E-state index in [2.05, 4.69) is 5.32 Å². The number of primary sulfonamides is 1. The van der Waals surface area contributed by atoms with Gasteiger partial charge in [0.15, 0.2) is 0 Å². The van der Waals surface area contributed by atoms with Crippen molar-refractivity contribution >= 4 is 27.3 Å². The van der Waals surface area contributed by atoms with Crippen LogP contribution in [-0.2, 0) is 14.8 Å². The lowest BCUT2D eigenvalue weighted by Gasteiger charge is -2.25. The highest BCUT2D eigenvalue weighted by molar-refractivity contribution is 7.89. The van der Waals surface area contributed by atoms with Gasteiger partial charge in [0.2, 0.25) is 15.9 Å². The number of likely N-dealkylation sites (N-methyl/N-ethyl adjacent to an activating group) is 1. The fourth-order valence-electron chi connectivity index (χ4n) is 1.88. The van der Waals surface area contributed by atoms with Crippen molar-refractivity contribution in [2.24, 2.45) is 5.14 Å². The van der Waals surface area contributed by atoms with Gasteiger partial charge in [0.1, 0.15) is 0 Å². The van der Waals surface area contributed by atoms with Gasteiger partial charge in [0.05, 0.1) is 22.8 Å². The highest BCUT2D eigenvalue weighted by Crippen LogP contribution is 2.26. The molecule has 0 aliphatic carbocycles. The summed E-state index contributed by atoms with van der Waals surface area (Å²) in [4.78, 5) is 13.5. The Morgan fingerprint density at radius 1 is 1.38 bits per heavy atom. The van der Waals surface area contributed by atoms with E-state index >= 15 is 0 Å². The Hall–Kier alpha value is -1.80. The molecule has 8 heteroatoms. The van der Waals surface area contributed by atoms with Gasteiger partial charge < -0.3 is 16.0 Å². The highest BCUT2D eigenvalue weighted by Gasteiger charge is 2.16. The van der Waals surface area contributed by atoms with Crippen LogP contribution in [0.3, 0.4) is 0 Å². The number of nitrogen functional groups attached to an aromatic ring is 1. The smallest absolute Gasteiger partial charge is 0.239 e. The molecule has 0 saturated carbocycles. The molecular weight excluding hydrogens is 292 g/mol. The number of amides is 1. The van der Waals surface area contributed by atoms with Gasteiger partial charge in [-0.05, 0) is 39.0 Å². The average Bonchev–Trinajstić information content (AvgIpc) is 2.34. The van der Waals surface area contributed by atoms with Gasteiger partial charge in [-0.2, -0.15) is 0 Å². The number of carbonyl (C=O) groups is 1. The Labute approximate surface area is 125 Å². The first kappa shape index (κ1) is 17.3. The van der Waals surface area contributed by atoms with Gasteiger partial charge in [-0.15, -0.1) is 0 Å². The summed E-state index contributed by atoms with van der Waals surface area (Å²) in [5.74, 6) is -0.160. The van der Waals surface area contributed by atoms with E-state index in [1.807, 2.05) is 20.8 Å². The van der Waals surface area contributed by atoms with Crippen LogP contribution in [0.15, 0.2) is 23.1 Å². The molecule has 21 heavy (non-hydrogen) atoms. The van der Waals surface area contributed by atoms with Crippen molar-refractivity contribution < 1.29 is 13.2 Å². The first-order chi connectivity index (χ1) is 9.65. The van der Waals surface area contributed by atoms with E-state index < -0.39 is 10.0 Å². The number of nitrogens with one attached hydrogen (secondary N) is 1. The molecule has 1 amide bonds. The normalized spacial score (nSPS) is 11.5. The number of hydrogen-bond acceptors (Lipinski definition) is 5. The van der Waals surface area contributed by atoms with Gasteiger partial charge in [-0.1, -0.05) is 0 Å². The lowest BCUT2D eigenvalue weighted by atomic mass is 10.2. The molecule has 0 radical (unpaired) electrons. The molecule has 0 atom stereocenters. The largest absolute Gasteiger partial charge is 0.397 e. The van der Waals surface area contributed by atoms with Crippen molar-refractivity contribution in [1.82, 2.24) is 5.32 Å². The topological polar surface area (TPSA) is 119 Å². The number of sulfonamides is 1. The van der Waals surface area contributed by atoms with Crippen LogP contribution in [0, 0.1) is 0 Å². The van der Waals surface area contributed by atoms with Crippen LogP contribution >= 0.6 is 0 Å². The summed E-state index contributed by atoms with van der Waals surface area (Å²) in [5.41, 5.74) is 6.74. The Balaban J connectivity index is 3.08. The number of rotatable bonds is 6. The lowest BCUT2D eigenvalue weighted by molar-refractivity contribution is -0.120. The maximum Gasteiger partial charge on any atom is 0.239 e. The van der Waals surface area contributed by atoms with Crippen molar-refractivity contribution in [3.8, 4) is 0 Å². The van der Waals surface area contributed by atoms with Gasteiger partial charge in [-0.3, -0.25) is 4.79 Å². The maximum atomic E-state index is 11.9. The Morgan fingerprint density at radius 2 is 2.00 bits per heavy atom. The van der Waals surface area contributed by atoms with Gasteiger partial charge >= 0.3 is 0 Å². The number of nitrogens with zero attached hydrogens (tertiary/aromatic N) is 1. The predicted octanol–water partition coefficient (Wildman–Crippen LogP) is 0.267. The summed E-state index contributed by atoms with van der Waals surface area (Å²) in [6.45, 7) is 6.18. The van der Waals surface area contributed by atoms with Crippen LogP contribution in [0.25, 0.3) is 0 Å². The summed E-state index contributed by atoms with van der Waals surface area (Å²) < 4.78 is 22.8. The minimum absolute atomic E-state index is 0.0318. The maximum absolute atomic E-state index is 11.9. The Morgan fingerprint density at radius 3 is 2.48 bits per heavy atom. The van der Waals surface area contributed by atoms with Crippen molar-refractivity contribution in [3.05, 3.63) is 18.2 Å². The molecule has 0 unspecified atom stereocenters. The van der Waals surface area contributed by atoms with Crippen molar-refractivity contribution in [1.29, 1.82) is 0 Å². The zero-order valence-corrected chi connectivity index (χ0v) is 13.3. The molecule has 0 heterocycles. The summed E-state index contributed by atoms with van der Waals surface area (Å²) in [5, 5.41) is 7.90. The SMILES string of the molecule is CCN(CC(=O)NC(C)C)c1cc(S(N)(=O)=O)ccc1N. The number of anilines is 2. The van der Waals surface area contributed by atoms with E-state index in [-0.39, 0.29) is 23.4 Å². The summed E-state index contributed by atoms with van der Waals surface area (Å²) in [7, 11) is -3.81. The van der Waals surface area contributed by atoms with Crippen molar-refractivity contribution in [3.63, 3.8) is 0 Å². The predicted molar refractivity (Wildman–Crippen MR) is 83.4 cm³/mol. The van der Waals surface area contributed by atoms with Gasteiger partial charge in [0, 0.05) is 12.6 Å². The molecule has 1 rings (SSSR count). The number of hydrogen-bond donors (Lipinski definition) is 3. The van der Waals surface area contributed by atoms with Crippen LogP contribution in [0.4, 0.5) is 11.4 Å². The quantitative estimate of drug-likeness (QED) is 0.651. The standard InChI is InChI=1S/C13H22N4O3S/c1-4-17(8-13(18)16-9(2)3)12-7-10(21(15,19)20)5-6-11(12)14/h5-7,9H,4,8,14H2,1-3H3,(H,16,18)(H2,15,19,20). The monoisotopic (exact) mass is 314 g/mol. The van der Waals surface area contributed by atoms with E-state index in [0.29, 0.717) is 17.9 Å². The van der Waals surface area contributed by atoms with Gasteiger partial charge in [-0.25, -0.2) is 13.6 Å². The molecule has 0 spiro atoms. The third-order valence-corrected chi connectivity index (χ3v) is 3.75. The van der Waals surface area contributed by atoms with Crippen LogP contribution in [-0.4, -0.2) is 33.5 Å². The summed E-state index contributed by atoms with van der Waals surface area (Å²) >= 11 is 0. The first-order valence-corrected chi connectivity index (χ1v) is 8.16. The lowest BCUT2D eigenvalue weighted by Crippen LogP contribution is -2.40. The van der Waals surface area contributed by atoms with Crippen molar-refractivity contribution in [2.45, 2.75) is 31.7 Å². The minimum Gasteiger partial charge on any atom is -0.397 e. The zero-order valence-electron chi connectivity index (χ0n) is 12.5. The molecule has 0 fully saturated rings. The molecule has 5 N–H and O–H groups in total. The summed E-state index contributed by atoms with van der Waals surface area (Å²) in [6.07, 6.45) is 0. The number of benzene rings is 1. The van der Waals surface area contributed by atoms with Crippen LogP contribution < -0.4 is 21.1 Å². The average molecular weight is 314 g/mol. The molecule has 1 aromatic carbocycles. The molecule has 0 aromatic heterocycles. The zero-order chi connectivity index (χ0) is 16.2. The third-order valence-electron chi connectivity index (χ3n) is 2.84. The molecule has 0 aliphatic rings. The minimum atomic E-state index is -3.81. The Kier molecular flexibility index (Phi) is 5.56. The van der Waals surface area contributed by atoms with Crippen LogP contribution in [0.1, 0.15) is 20.8 Å². The fraction of sp³-hybridized carbons (Fsp3) is 0.462. The first-order valence-electron chi connectivity index (χ1n) is 6.61. The van der Waals surface area contributed by atoms with Crippen LogP contribution in [0.2, 0.25) is 0 Å². The number of carbonyl (C=O) groups excluding carboxylic acids is 1. The Bertz CT molecular complexity index is 614. The molecule has 1 aromatic rings. The number of nitrogens with two attached hydrogens (primary N) is 2. The van der Waals surface area contributed by atoms with Gasteiger partial charge in [0.25, 0.3) is 0 Å². The van der Waals surface area contributed by atoms with E-state index in [1.165, 1.54) is 18.2 Å². The molecule has 0 aliphatic heterocycles. The van der Waals surface area contributed by atoms with Crippen molar-refractivity contribution in [2.75, 3.05) is 23.7 Å². The second-order valence-electron chi connectivity index (χ2n) is 5.00. The molecule has 118 valence electrons. The summed E-state index contributed by atoms with van der Waals surface area (Å²) in [6, 6.07) is 4.23. The molecule has 0 saturated heterocycles. The second kappa shape index (κ2) is 6.77. The van der Waals surface area contributed by atoms with E-state index in [9.17, 15) is 13.2 Å². The molecular formula is C13H22N4O3S. The van der Waals surface area contributed by atoms with Crippen LogP contribution in [0.5, 0.6) is 0 Å². The van der Waals surface area contributed by atoms with E-state index in [4.69, 9.17) is 10.9 Å². The third kappa shape index (κ3) is 4.91. The fourth-order valence-corrected chi connectivity index (χ4v) is 2.42. The van der Waals surface area contributed by atoms with E-state index in [1.54, 1.807) is 4.90 Å².